The average molecular weight is 399 g/mol. The van der Waals surface area contributed by atoms with Crippen LogP contribution >= 0.6 is 11.6 Å². The Morgan fingerprint density at radius 1 is 0.893 bits per heavy atom. The second kappa shape index (κ2) is 7.92. The number of likely N-dealkylation sites (tertiary alicyclic amines) is 1. The molecule has 1 aromatic heterocycles. The fourth-order valence-corrected chi connectivity index (χ4v) is 4.28. The van der Waals surface area contributed by atoms with Crippen LogP contribution in [0.25, 0.3) is 5.69 Å². The normalized spacial score (nSPS) is 17.2. The number of aromatic nitrogens is 1. The summed E-state index contributed by atoms with van der Waals surface area (Å²) in [6.07, 6.45) is 5.88. The number of fused-ring (bicyclic) bond motifs is 1. The maximum atomic E-state index is 13.4. The molecule has 2 heterocycles. The van der Waals surface area contributed by atoms with Crippen molar-refractivity contribution in [3.05, 3.63) is 62.5 Å². The van der Waals surface area contributed by atoms with Gasteiger partial charge < -0.3 is 4.90 Å². The Morgan fingerprint density at radius 3 is 2.25 bits per heavy atom. The number of halogens is 1. The SMILES string of the molecule is O=C1CCCc2c1cc(C(=O)N1CCCCCC1)c(=O)n2-c1ccc(Cl)cc1. The molecule has 0 unspecified atom stereocenters. The zero-order chi connectivity index (χ0) is 19.7. The third-order valence-electron chi connectivity index (χ3n) is 5.63. The highest BCUT2D eigenvalue weighted by molar-refractivity contribution is 6.30. The van der Waals surface area contributed by atoms with Crippen LogP contribution in [-0.4, -0.2) is 34.2 Å². The summed E-state index contributed by atoms with van der Waals surface area (Å²) in [5.74, 6) is -0.273. The molecule has 0 spiro atoms. The molecule has 1 fully saturated rings. The van der Waals surface area contributed by atoms with Crippen molar-refractivity contribution in [1.29, 1.82) is 0 Å². The monoisotopic (exact) mass is 398 g/mol. The molecule has 5 nitrogen and oxygen atoms in total. The Labute approximate surface area is 168 Å². The lowest BCUT2D eigenvalue weighted by Gasteiger charge is -2.24. The minimum absolute atomic E-state index is 0.00567. The van der Waals surface area contributed by atoms with Crippen molar-refractivity contribution in [3.63, 3.8) is 0 Å². The number of hydrogen-bond donors (Lipinski definition) is 0. The molecule has 1 aliphatic carbocycles. The minimum atomic E-state index is -0.356. The Kier molecular flexibility index (Phi) is 5.36. The second-order valence-electron chi connectivity index (χ2n) is 7.52. The van der Waals surface area contributed by atoms with Crippen LogP contribution in [0.15, 0.2) is 35.1 Å². The van der Waals surface area contributed by atoms with E-state index in [1.807, 2.05) is 0 Å². The van der Waals surface area contributed by atoms with Gasteiger partial charge in [-0.2, -0.15) is 0 Å². The Balaban J connectivity index is 1.88. The highest BCUT2D eigenvalue weighted by Gasteiger charge is 2.28. The highest BCUT2D eigenvalue weighted by atomic mass is 35.5. The van der Waals surface area contributed by atoms with Crippen LogP contribution in [0.2, 0.25) is 5.02 Å². The number of nitrogens with zero attached hydrogens (tertiary/aromatic N) is 2. The van der Waals surface area contributed by atoms with E-state index >= 15 is 0 Å². The van der Waals surface area contributed by atoms with E-state index in [2.05, 4.69) is 0 Å². The van der Waals surface area contributed by atoms with E-state index < -0.39 is 0 Å². The number of benzene rings is 1. The quantitative estimate of drug-likeness (QED) is 0.767. The van der Waals surface area contributed by atoms with Crippen LogP contribution in [0, 0.1) is 0 Å². The van der Waals surface area contributed by atoms with Gasteiger partial charge in [0.05, 0.1) is 0 Å². The number of carbonyl (C=O) groups is 2. The van der Waals surface area contributed by atoms with Crippen LogP contribution in [0.1, 0.15) is 64.9 Å². The van der Waals surface area contributed by atoms with E-state index in [0.717, 1.165) is 25.7 Å². The smallest absolute Gasteiger partial charge is 0.268 e. The van der Waals surface area contributed by atoms with Crippen LogP contribution < -0.4 is 5.56 Å². The van der Waals surface area contributed by atoms with Crippen molar-refractivity contribution in [3.8, 4) is 5.69 Å². The summed E-state index contributed by atoms with van der Waals surface area (Å²) in [6.45, 7) is 1.31. The lowest BCUT2D eigenvalue weighted by Crippen LogP contribution is -2.39. The summed E-state index contributed by atoms with van der Waals surface area (Å²) in [4.78, 5) is 40.9. The molecular weight excluding hydrogens is 376 g/mol. The molecule has 1 amide bonds. The molecule has 0 radical (unpaired) electrons. The van der Waals surface area contributed by atoms with Crippen LogP contribution in [0.4, 0.5) is 0 Å². The standard InChI is InChI=1S/C22H23ClN2O3/c23-15-8-10-16(11-9-15)25-19-6-5-7-20(26)17(19)14-18(22(25)28)21(27)24-12-3-1-2-4-13-24/h8-11,14H,1-7,12-13H2. The zero-order valence-corrected chi connectivity index (χ0v) is 16.5. The van der Waals surface area contributed by atoms with Gasteiger partial charge in [-0.1, -0.05) is 24.4 Å². The number of Topliss-reactive ketones (excluding diaryl/α,β-unsaturated/α-hetero) is 1. The lowest BCUT2D eigenvalue weighted by molar-refractivity contribution is 0.0759. The Bertz CT molecular complexity index is 971. The van der Waals surface area contributed by atoms with Crippen molar-refractivity contribution in [2.24, 2.45) is 0 Å². The van der Waals surface area contributed by atoms with Gasteiger partial charge in [-0.25, -0.2) is 0 Å². The number of rotatable bonds is 2. The summed E-state index contributed by atoms with van der Waals surface area (Å²) in [7, 11) is 0. The van der Waals surface area contributed by atoms with Crippen LogP contribution in [-0.2, 0) is 6.42 Å². The van der Waals surface area contributed by atoms with Gasteiger partial charge in [0.2, 0.25) is 0 Å². The van der Waals surface area contributed by atoms with Crippen molar-refractivity contribution >= 4 is 23.3 Å². The van der Waals surface area contributed by atoms with Gasteiger partial charge in [0.1, 0.15) is 5.56 Å². The van der Waals surface area contributed by atoms with E-state index in [0.29, 0.717) is 54.3 Å². The summed E-state index contributed by atoms with van der Waals surface area (Å²) in [5, 5.41) is 0.568. The number of ketones is 1. The van der Waals surface area contributed by atoms with E-state index in [4.69, 9.17) is 11.6 Å². The molecule has 1 aromatic carbocycles. The van der Waals surface area contributed by atoms with E-state index in [-0.39, 0.29) is 22.8 Å². The molecule has 4 rings (SSSR count). The number of hydrogen-bond acceptors (Lipinski definition) is 3. The number of amides is 1. The van der Waals surface area contributed by atoms with Crippen molar-refractivity contribution in [2.75, 3.05) is 13.1 Å². The molecule has 0 atom stereocenters. The first kappa shape index (κ1) is 18.9. The predicted molar refractivity (Wildman–Crippen MR) is 109 cm³/mol. The summed E-state index contributed by atoms with van der Waals surface area (Å²) in [5.41, 5.74) is 1.55. The van der Waals surface area contributed by atoms with Gasteiger partial charge in [-0.15, -0.1) is 0 Å². The molecule has 2 aliphatic rings. The topological polar surface area (TPSA) is 59.4 Å². The summed E-state index contributed by atoms with van der Waals surface area (Å²) in [6, 6.07) is 8.47. The van der Waals surface area contributed by atoms with Gasteiger partial charge >= 0.3 is 0 Å². The third-order valence-corrected chi connectivity index (χ3v) is 5.88. The van der Waals surface area contributed by atoms with Crippen LogP contribution in [0.5, 0.6) is 0 Å². The van der Waals surface area contributed by atoms with Crippen molar-refractivity contribution in [2.45, 2.75) is 44.9 Å². The maximum absolute atomic E-state index is 13.4. The Hall–Kier alpha value is -2.40. The Morgan fingerprint density at radius 2 is 1.57 bits per heavy atom. The van der Waals surface area contributed by atoms with Crippen LogP contribution in [0.3, 0.4) is 0 Å². The van der Waals surface area contributed by atoms with Crippen molar-refractivity contribution in [1.82, 2.24) is 9.47 Å². The van der Waals surface area contributed by atoms with Crippen molar-refractivity contribution < 1.29 is 9.59 Å². The predicted octanol–water partition coefficient (Wildman–Crippen LogP) is 4.03. The largest absolute Gasteiger partial charge is 0.338 e. The first-order valence-corrected chi connectivity index (χ1v) is 10.3. The molecule has 28 heavy (non-hydrogen) atoms. The molecule has 1 saturated heterocycles. The maximum Gasteiger partial charge on any atom is 0.268 e. The fraction of sp³-hybridized carbons (Fsp3) is 0.409. The fourth-order valence-electron chi connectivity index (χ4n) is 4.15. The van der Waals surface area contributed by atoms with E-state index in [1.54, 1.807) is 35.2 Å². The molecule has 2 aromatic rings. The molecule has 6 heteroatoms. The highest BCUT2D eigenvalue weighted by Crippen LogP contribution is 2.25. The van der Waals surface area contributed by atoms with Gasteiger partial charge in [0, 0.05) is 41.5 Å². The first-order valence-electron chi connectivity index (χ1n) is 9.93. The molecule has 1 aliphatic heterocycles. The summed E-state index contributed by atoms with van der Waals surface area (Å²) >= 11 is 6.00. The first-order chi connectivity index (χ1) is 13.6. The second-order valence-corrected chi connectivity index (χ2v) is 7.95. The molecule has 146 valence electrons. The zero-order valence-electron chi connectivity index (χ0n) is 15.7. The molecule has 0 saturated carbocycles. The van der Waals surface area contributed by atoms with E-state index in [9.17, 15) is 14.4 Å². The minimum Gasteiger partial charge on any atom is -0.338 e. The average Bonchev–Trinajstić information content (AvgIpc) is 2.98. The van der Waals surface area contributed by atoms with Gasteiger partial charge in [0.25, 0.3) is 11.5 Å². The molecule has 0 N–H and O–H groups in total. The summed E-state index contributed by atoms with van der Waals surface area (Å²) < 4.78 is 1.54. The number of carbonyl (C=O) groups excluding carboxylic acids is 2. The number of pyridine rings is 1. The molecular formula is C22H23ClN2O3. The van der Waals surface area contributed by atoms with Gasteiger partial charge in [-0.3, -0.25) is 19.0 Å². The van der Waals surface area contributed by atoms with Gasteiger partial charge in [0.15, 0.2) is 5.78 Å². The lowest BCUT2D eigenvalue weighted by atomic mass is 9.92. The van der Waals surface area contributed by atoms with Gasteiger partial charge in [-0.05, 0) is 56.0 Å². The molecule has 0 bridgehead atoms. The van der Waals surface area contributed by atoms with E-state index in [1.165, 1.54) is 4.57 Å². The third kappa shape index (κ3) is 3.51.